The number of sulfonamides is 1. The summed E-state index contributed by atoms with van der Waals surface area (Å²) in [4.78, 5) is 24.8. The molecular formula is C48H54N8O8S2. The van der Waals surface area contributed by atoms with Gasteiger partial charge in [0.15, 0.2) is 0 Å². The van der Waals surface area contributed by atoms with Crippen molar-refractivity contribution in [2.75, 3.05) is 4.31 Å². The molecule has 16 nitrogen and oxygen atoms in total. The number of thiol groups is 1. The molecule has 2 aromatic heterocycles. The Balaban J connectivity index is 1.52. The third-order valence-electron chi connectivity index (χ3n) is 11.2. The first-order valence-electron chi connectivity index (χ1n) is 21.5. The Hall–Kier alpha value is -6.76. The average Bonchev–Trinajstić information content (AvgIpc) is 3.28. The lowest BCUT2D eigenvalue weighted by Crippen LogP contribution is -2.34. The second-order valence-corrected chi connectivity index (χ2v) is 18.5. The summed E-state index contributed by atoms with van der Waals surface area (Å²) in [6.45, 7) is 10.5. The Kier molecular flexibility index (Phi) is 15.9. The van der Waals surface area contributed by atoms with E-state index in [1.165, 1.54) is 40.7 Å². The maximum absolute atomic E-state index is 14.7. The van der Waals surface area contributed by atoms with Crippen LogP contribution in [0.3, 0.4) is 0 Å². The van der Waals surface area contributed by atoms with Crippen molar-refractivity contribution in [2.45, 2.75) is 97.3 Å². The molecule has 2 unspecified atom stereocenters. The number of pyridine rings is 2. The lowest BCUT2D eigenvalue weighted by atomic mass is 10.0. The second-order valence-electron chi connectivity index (χ2n) is 15.9. The van der Waals surface area contributed by atoms with Gasteiger partial charge in [0.25, 0.3) is 11.1 Å². The fourth-order valence-electron chi connectivity index (χ4n) is 7.62. The van der Waals surface area contributed by atoms with Crippen LogP contribution in [0.5, 0.6) is 11.8 Å². The van der Waals surface area contributed by atoms with Crippen LogP contribution in [0.1, 0.15) is 62.8 Å². The van der Waals surface area contributed by atoms with Crippen LogP contribution in [0.15, 0.2) is 144 Å². The molecule has 66 heavy (non-hydrogen) atoms. The third-order valence-corrected chi connectivity index (χ3v) is 13.8. The van der Waals surface area contributed by atoms with Gasteiger partial charge in [-0.2, -0.15) is 10.2 Å². The molecule has 18 heteroatoms. The van der Waals surface area contributed by atoms with Gasteiger partial charge >= 0.3 is 0 Å². The fraction of sp³-hybridized carbons (Fsp3) is 0.292. The Morgan fingerprint density at radius 3 is 1.61 bits per heavy atom. The fourth-order valence-corrected chi connectivity index (χ4v) is 9.91. The molecule has 0 bridgehead atoms. The summed E-state index contributed by atoms with van der Waals surface area (Å²) in [6.07, 6.45) is 1.99. The summed E-state index contributed by atoms with van der Waals surface area (Å²) in [5.41, 5.74) is 2.73. The first kappa shape index (κ1) is 48.7. The van der Waals surface area contributed by atoms with E-state index in [1.54, 1.807) is 53.7 Å². The maximum atomic E-state index is 14.7. The van der Waals surface area contributed by atoms with Crippen molar-refractivity contribution in [3.63, 3.8) is 0 Å². The minimum absolute atomic E-state index is 0.0287. The monoisotopic (exact) mass is 934 g/mol. The van der Waals surface area contributed by atoms with Gasteiger partial charge in [-0.25, -0.2) is 21.6 Å². The van der Waals surface area contributed by atoms with Gasteiger partial charge in [0, 0.05) is 48.4 Å². The van der Waals surface area contributed by atoms with Crippen molar-refractivity contribution in [3.05, 3.63) is 152 Å². The van der Waals surface area contributed by atoms with Crippen LogP contribution >= 0.6 is 0 Å². The first-order chi connectivity index (χ1) is 31.5. The van der Waals surface area contributed by atoms with Gasteiger partial charge in [0.1, 0.15) is 11.4 Å². The highest BCUT2D eigenvalue weighted by molar-refractivity contribution is 7.89. The number of aromatic nitrogens is 2. The quantitative estimate of drug-likeness (QED) is 0.0452. The summed E-state index contributed by atoms with van der Waals surface area (Å²) >= 11 is 0. The maximum Gasteiger partial charge on any atom is 0.253 e. The number of nitrogens with zero attached hydrogens (tertiary/aromatic N) is 7. The molecule has 346 valence electrons. The molecule has 0 amide bonds. The van der Waals surface area contributed by atoms with E-state index in [4.69, 9.17) is 0 Å². The topological polar surface area (TPSA) is 217 Å². The largest absolute Gasteiger partial charge is 0.493 e. The minimum atomic E-state index is -4.40. The van der Waals surface area contributed by atoms with Crippen molar-refractivity contribution in [3.8, 4) is 22.9 Å². The van der Waals surface area contributed by atoms with E-state index in [0.717, 1.165) is 20.3 Å². The van der Waals surface area contributed by atoms with E-state index in [-0.39, 0.29) is 63.4 Å². The zero-order chi connectivity index (χ0) is 47.7. The molecule has 0 spiro atoms. The van der Waals surface area contributed by atoms with Gasteiger partial charge in [-0.05, 0) is 114 Å². The number of aryl methyl sites for hydroxylation is 4. The van der Waals surface area contributed by atoms with Gasteiger partial charge in [-0.3, -0.25) is 23.0 Å². The number of aromatic hydroxyl groups is 2. The van der Waals surface area contributed by atoms with E-state index < -0.39 is 50.0 Å². The molecule has 0 saturated heterocycles. The van der Waals surface area contributed by atoms with Crippen molar-refractivity contribution >= 4 is 49.4 Å². The minimum Gasteiger partial charge on any atom is -0.493 e. The highest BCUT2D eigenvalue weighted by Crippen LogP contribution is 2.42. The first-order valence-corrected chi connectivity index (χ1v) is 24.2. The number of rotatable bonds is 19. The van der Waals surface area contributed by atoms with Gasteiger partial charge in [0.05, 0.1) is 22.0 Å². The smallest absolute Gasteiger partial charge is 0.253 e. The standard InChI is InChI=1S/C48H54N8O8S2/c1-7-54-43(57)27-31(3)45(47(54)59)51-49-37-23-25-39(41(29-37)56(65(61)62)34(6)20-22-36-17-13-10-14-18-36)40-26-24-38(50-52-46-32(4)28-44(58)55(8-2)48(46)60)30-42(40)66(63,64)53-33(5)19-21-35-15-11-9-12-16-35/h9-18,23-30,33-34,53,59-60,65H,7-8,19-22H2,1-6H3. The average molecular weight is 935 g/mol. The van der Waals surface area contributed by atoms with Crippen molar-refractivity contribution in [1.29, 1.82) is 0 Å². The number of anilines is 1. The van der Waals surface area contributed by atoms with E-state index >= 15 is 0 Å². The third kappa shape index (κ3) is 11.4. The van der Waals surface area contributed by atoms with E-state index in [1.807, 2.05) is 60.7 Å². The summed E-state index contributed by atoms with van der Waals surface area (Å²) in [5.74, 6) is -0.770. The zero-order valence-corrected chi connectivity index (χ0v) is 39.3. The molecule has 0 saturated carbocycles. The van der Waals surface area contributed by atoms with Gasteiger partial charge in [-0.1, -0.05) is 72.8 Å². The van der Waals surface area contributed by atoms with Crippen molar-refractivity contribution < 1.29 is 27.0 Å². The van der Waals surface area contributed by atoms with E-state index in [9.17, 15) is 36.6 Å². The summed E-state index contributed by atoms with van der Waals surface area (Å²) in [7, 11) is -7.75. The Labute approximate surface area is 385 Å². The molecule has 6 rings (SSSR count). The Morgan fingerprint density at radius 2 is 1.12 bits per heavy atom. The summed E-state index contributed by atoms with van der Waals surface area (Å²) < 4.78 is 62.6. The lowest BCUT2D eigenvalue weighted by molar-refractivity contribution is 0.412. The van der Waals surface area contributed by atoms with Crippen LogP contribution in [-0.2, 0) is 46.8 Å². The van der Waals surface area contributed by atoms with Crippen LogP contribution in [-0.4, -0.2) is 48.3 Å². The van der Waals surface area contributed by atoms with E-state index in [2.05, 4.69) is 25.2 Å². The number of nitrogens with one attached hydrogen (secondary N) is 1. The molecular weight excluding hydrogens is 881 g/mol. The molecule has 3 N–H and O–H groups in total. The highest BCUT2D eigenvalue weighted by Gasteiger charge is 2.28. The molecule has 0 aliphatic rings. The predicted octanol–water partition coefficient (Wildman–Crippen LogP) is 9.23. The molecule has 2 heterocycles. The van der Waals surface area contributed by atoms with Gasteiger partial charge < -0.3 is 10.2 Å². The number of azo groups is 2. The van der Waals surface area contributed by atoms with Gasteiger partial charge in [0.2, 0.25) is 32.7 Å². The summed E-state index contributed by atoms with van der Waals surface area (Å²) in [6, 6.07) is 29.7. The van der Waals surface area contributed by atoms with Gasteiger partial charge in [-0.15, -0.1) is 10.2 Å². The predicted molar refractivity (Wildman–Crippen MR) is 257 cm³/mol. The van der Waals surface area contributed by atoms with E-state index in [0.29, 0.717) is 36.8 Å². The summed E-state index contributed by atoms with van der Waals surface area (Å²) in [5, 5.41) is 39.1. The molecule has 0 aliphatic carbocycles. The van der Waals surface area contributed by atoms with Crippen LogP contribution in [0.4, 0.5) is 28.4 Å². The van der Waals surface area contributed by atoms with Crippen LogP contribution < -0.4 is 20.1 Å². The lowest BCUT2D eigenvalue weighted by Gasteiger charge is -2.28. The molecule has 0 fully saturated rings. The normalized spacial score (nSPS) is 12.9. The number of benzene rings is 4. The second kappa shape index (κ2) is 21.5. The molecule has 6 aromatic rings. The van der Waals surface area contributed by atoms with Crippen molar-refractivity contribution in [2.24, 2.45) is 20.5 Å². The molecule has 0 radical (unpaired) electrons. The molecule has 4 aromatic carbocycles. The molecule has 2 atom stereocenters. The molecule has 0 aliphatic heterocycles. The zero-order valence-electron chi connectivity index (χ0n) is 37.6. The Morgan fingerprint density at radius 1 is 0.652 bits per heavy atom. The van der Waals surface area contributed by atoms with Crippen LogP contribution in [0, 0.1) is 13.8 Å². The van der Waals surface area contributed by atoms with Crippen molar-refractivity contribution in [1.82, 2.24) is 13.9 Å². The highest BCUT2D eigenvalue weighted by atomic mass is 32.2. The van der Waals surface area contributed by atoms with Crippen LogP contribution in [0.2, 0.25) is 0 Å². The Bertz CT molecular complexity index is 3070. The SMILES string of the molecule is CCn1c(O)c(N=Nc2ccc(-c3ccc(N=Nc4c(C)cc(=O)n(CC)c4O)cc3S(=O)(=O)NC(C)CCc3ccccc3)c(N(C(C)CCc3ccccc3)[SH](=O)=O)c2)c(C)cc1=O. The number of hydrogen-bond donors (Lipinski definition) is 4. The number of hydrogen-bond acceptors (Lipinski definition) is 12. The van der Waals surface area contributed by atoms with Crippen LogP contribution in [0.25, 0.3) is 11.1 Å².